The fourth-order valence-corrected chi connectivity index (χ4v) is 2.91. The number of para-hydroxylation sites is 1. The third-order valence-electron chi connectivity index (χ3n) is 4.41. The van der Waals surface area contributed by atoms with E-state index in [4.69, 9.17) is 4.74 Å². The molecule has 25 heavy (non-hydrogen) atoms. The highest BCUT2D eigenvalue weighted by Gasteiger charge is 2.11. The molecule has 2 rings (SSSR count). The van der Waals surface area contributed by atoms with Gasteiger partial charge in [0.15, 0.2) is 5.96 Å². The molecule has 1 atom stereocenters. The van der Waals surface area contributed by atoms with Crippen LogP contribution in [0.4, 0.5) is 0 Å². The van der Waals surface area contributed by atoms with Crippen molar-refractivity contribution in [1.82, 2.24) is 10.6 Å². The minimum atomic E-state index is 0.317. The van der Waals surface area contributed by atoms with Crippen LogP contribution in [0.25, 0.3) is 0 Å². The first-order valence-electron chi connectivity index (χ1n) is 8.83. The zero-order valence-electron chi connectivity index (χ0n) is 15.7. The number of aryl methyl sites for hydroxylation is 1. The maximum atomic E-state index is 5.46. The first-order chi connectivity index (χ1) is 12.2. The minimum Gasteiger partial charge on any atom is -0.496 e. The van der Waals surface area contributed by atoms with Gasteiger partial charge in [-0.2, -0.15) is 0 Å². The Morgan fingerprint density at radius 3 is 2.40 bits per heavy atom. The summed E-state index contributed by atoms with van der Waals surface area (Å²) in [7, 11) is 3.51. The normalized spacial score (nSPS) is 12.6. The van der Waals surface area contributed by atoms with E-state index in [2.05, 4.69) is 59.8 Å². The van der Waals surface area contributed by atoms with E-state index in [0.29, 0.717) is 5.92 Å². The van der Waals surface area contributed by atoms with Crippen molar-refractivity contribution in [3.8, 4) is 5.75 Å². The lowest BCUT2D eigenvalue weighted by Gasteiger charge is -2.18. The van der Waals surface area contributed by atoms with Crippen LogP contribution in [0.15, 0.2) is 53.5 Å². The van der Waals surface area contributed by atoms with Gasteiger partial charge in [0.2, 0.25) is 0 Å². The highest BCUT2D eigenvalue weighted by molar-refractivity contribution is 5.79. The molecule has 2 aromatic rings. The predicted molar refractivity (Wildman–Crippen MR) is 105 cm³/mol. The highest BCUT2D eigenvalue weighted by Crippen LogP contribution is 2.25. The maximum absolute atomic E-state index is 5.46. The number of nitrogens with zero attached hydrogens (tertiary/aromatic N) is 1. The molecule has 0 aliphatic heterocycles. The lowest BCUT2D eigenvalue weighted by molar-refractivity contribution is 0.406. The standard InChI is InChI=1S/C21H29N3O/c1-5-17-10-6-7-11-18(17)15-24-21(22-3)23-14-16(2)19-12-8-9-13-20(19)25-4/h6-13,16H,5,14-15H2,1-4H3,(H2,22,23,24). The molecule has 4 heteroatoms. The molecule has 1 unspecified atom stereocenters. The molecular formula is C21H29N3O. The molecule has 0 fully saturated rings. The smallest absolute Gasteiger partial charge is 0.191 e. The Balaban J connectivity index is 1.92. The summed E-state index contributed by atoms with van der Waals surface area (Å²) < 4.78 is 5.46. The van der Waals surface area contributed by atoms with E-state index >= 15 is 0 Å². The van der Waals surface area contributed by atoms with Crippen LogP contribution < -0.4 is 15.4 Å². The SMILES string of the molecule is CCc1ccccc1CNC(=NC)NCC(C)c1ccccc1OC. The topological polar surface area (TPSA) is 45.7 Å². The Kier molecular flexibility index (Phi) is 7.33. The van der Waals surface area contributed by atoms with E-state index < -0.39 is 0 Å². The molecule has 0 aromatic heterocycles. The number of methoxy groups -OCH3 is 1. The van der Waals surface area contributed by atoms with Gasteiger partial charge < -0.3 is 15.4 Å². The lowest BCUT2D eigenvalue weighted by atomic mass is 10.0. The van der Waals surface area contributed by atoms with Crippen LogP contribution in [0.2, 0.25) is 0 Å². The van der Waals surface area contributed by atoms with Crippen LogP contribution in [0.5, 0.6) is 5.75 Å². The average molecular weight is 339 g/mol. The summed E-state index contributed by atoms with van der Waals surface area (Å²) >= 11 is 0. The van der Waals surface area contributed by atoms with E-state index in [9.17, 15) is 0 Å². The summed E-state index contributed by atoms with van der Waals surface area (Å²) in [6.45, 7) is 5.92. The second-order valence-electron chi connectivity index (χ2n) is 6.07. The number of ether oxygens (including phenoxy) is 1. The van der Waals surface area contributed by atoms with Crippen molar-refractivity contribution in [2.24, 2.45) is 4.99 Å². The molecule has 134 valence electrons. The van der Waals surface area contributed by atoms with E-state index in [1.54, 1.807) is 14.2 Å². The van der Waals surface area contributed by atoms with Gasteiger partial charge >= 0.3 is 0 Å². The van der Waals surface area contributed by atoms with Crippen molar-refractivity contribution >= 4 is 5.96 Å². The maximum Gasteiger partial charge on any atom is 0.191 e. The van der Waals surface area contributed by atoms with Crippen molar-refractivity contribution in [3.63, 3.8) is 0 Å². The molecule has 0 aliphatic carbocycles. The summed E-state index contributed by atoms with van der Waals surface area (Å²) in [5.41, 5.74) is 3.88. The highest BCUT2D eigenvalue weighted by atomic mass is 16.5. The minimum absolute atomic E-state index is 0.317. The van der Waals surface area contributed by atoms with E-state index in [1.165, 1.54) is 16.7 Å². The van der Waals surface area contributed by atoms with Gasteiger partial charge in [-0.25, -0.2) is 0 Å². The van der Waals surface area contributed by atoms with Crippen LogP contribution in [0.1, 0.15) is 36.5 Å². The second kappa shape index (κ2) is 9.72. The summed E-state index contributed by atoms with van der Waals surface area (Å²) in [5, 5.41) is 6.81. The molecule has 0 spiro atoms. The van der Waals surface area contributed by atoms with Crippen LogP contribution in [0.3, 0.4) is 0 Å². The first-order valence-corrected chi connectivity index (χ1v) is 8.83. The first kappa shape index (κ1) is 18.8. The van der Waals surface area contributed by atoms with Crippen LogP contribution in [-0.2, 0) is 13.0 Å². The van der Waals surface area contributed by atoms with Crippen LogP contribution in [-0.4, -0.2) is 26.7 Å². The Labute approximate surface area is 151 Å². The van der Waals surface area contributed by atoms with Gasteiger partial charge in [-0.15, -0.1) is 0 Å². The lowest BCUT2D eigenvalue weighted by Crippen LogP contribution is -2.38. The fraction of sp³-hybridized carbons (Fsp3) is 0.381. The monoisotopic (exact) mass is 339 g/mol. The van der Waals surface area contributed by atoms with Gasteiger partial charge in [0.25, 0.3) is 0 Å². The third kappa shape index (κ3) is 5.24. The Morgan fingerprint density at radius 2 is 1.72 bits per heavy atom. The number of hydrogen-bond acceptors (Lipinski definition) is 2. The van der Waals surface area contributed by atoms with Gasteiger partial charge in [-0.3, -0.25) is 4.99 Å². The second-order valence-corrected chi connectivity index (χ2v) is 6.07. The van der Waals surface area contributed by atoms with Crippen molar-refractivity contribution in [2.45, 2.75) is 32.7 Å². The fourth-order valence-electron chi connectivity index (χ4n) is 2.91. The molecule has 0 radical (unpaired) electrons. The molecule has 0 amide bonds. The van der Waals surface area contributed by atoms with E-state index in [-0.39, 0.29) is 0 Å². The van der Waals surface area contributed by atoms with E-state index in [1.807, 2.05) is 18.2 Å². The number of aliphatic imine (C=N–C) groups is 1. The number of nitrogens with one attached hydrogen (secondary N) is 2. The zero-order valence-corrected chi connectivity index (χ0v) is 15.7. The molecule has 2 aromatic carbocycles. The molecule has 0 saturated carbocycles. The molecule has 0 saturated heterocycles. The zero-order chi connectivity index (χ0) is 18.1. The molecule has 0 aliphatic rings. The van der Waals surface area contributed by atoms with Gasteiger partial charge in [0, 0.05) is 26.1 Å². The number of guanidine groups is 1. The number of benzene rings is 2. The van der Waals surface area contributed by atoms with Crippen molar-refractivity contribution < 1.29 is 4.74 Å². The largest absolute Gasteiger partial charge is 0.496 e. The predicted octanol–water partition coefficient (Wildman–Crippen LogP) is 3.73. The summed E-state index contributed by atoms with van der Waals surface area (Å²) in [6.07, 6.45) is 1.04. The van der Waals surface area contributed by atoms with Crippen LogP contribution >= 0.6 is 0 Å². The number of hydrogen-bond donors (Lipinski definition) is 2. The third-order valence-corrected chi connectivity index (χ3v) is 4.41. The van der Waals surface area contributed by atoms with Crippen LogP contribution in [0, 0.1) is 0 Å². The van der Waals surface area contributed by atoms with Crippen molar-refractivity contribution in [3.05, 3.63) is 65.2 Å². The summed E-state index contributed by atoms with van der Waals surface area (Å²) in [5.74, 6) is 2.06. The molecule has 0 bridgehead atoms. The van der Waals surface area contributed by atoms with Crippen molar-refractivity contribution in [2.75, 3.05) is 20.7 Å². The van der Waals surface area contributed by atoms with Gasteiger partial charge in [0.05, 0.1) is 7.11 Å². The summed E-state index contributed by atoms with van der Waals surface area (Å²) in [6, 6.07) is 16.7. The average Bonchev–Trinajstić information content (AvgIpc) is 2.68. The Hall–Kier alpha value is -2.49. The van der Waals surface area contributed by atoms with Gasteiger partial charge in [-0.1, -0.05) is 56.3 Å². The van der Waals surface area contributed by atoms with Gasteiger partial charge in [-0.05, 0) is 29.2 Å². The van der Waals surface area contributed by atoms with E-state index in [0.717, 1.165) is 31.2 Å². The Bertz CT molecular complexity index is 697. The molecule has 2 N–H and O–H groups in total. The quantitative estimate of drug-likeness (QED) is 0.597. The molecular weight excluding hydrogens is 310 g/mol. The molecule has 4 nitrogen and oxygen atoms in total. The van der Waals surface area contributed by atoms with Gasteiger partial charge in [0.1, 0.15) is 5.75 Å². The number of rotatable bonds is 7. The summed E-state index contributed by atoms with van der Waals surface area (Å²) in [4.78, 5) is 4.33. The Morgan fingerprint density at radius 1 is 1.04 bits per heavy atom. The molecule has 0 heterocycles. The van der Waals surface area contributed by atoms with Crippen molar-refractivity contribution in [1.29, 1.82) is 0 Å².